The van der Waals surface area contributed by atoms with E-state index in [1.807, 2.05) is 39.0 Å². The monoisotopic (exact) mass is 905 g/mol. The van der Waals surface area contributed by atoms with Gasteiger partial charge in [0.1, 0.15) is 5.76 Å². The Morgan fingerprint density at radius 3 is 1.86 bits per heavy atom. The zero-order chi connectivity index (χ0) is 47.0. The summed E-state index contributed by atoms with van der Waals surface area (Å²) in [6.07, 6.45) is 32.1. The number of unbranched alkanes of at least 4 members (excludes halogenated alkanes) is 18. The SMILES string of the molecule is CCCCCCCCCCCCCCCCCCOC(=O)C1=C(CC)C2=CC3=C(C)C4=C(O)CC(=C5NC(=CC6=NC(=CC1=N2)C(CO)=C6C)[C@@H](C)[C@@H]5CCC(=O)OCCCCCC)C4=N3. The Labute approximate surface area is 396 Å². The molecule has 10 heteroatoms. The predicted octanol–water partition coefficient (Wildman–Crippen LogP) is 13.3. The lowest BCUT2D eigenvalue weighted by Crippen LogP contribution is -2.16. The van der Waals surface area contributed by atoms with Gasteiger partial charge in [-0.05, 0) is 74.5 Å². The van der Waals surface area contributed by atoms with Gasteiger partial charge in [0.25, 0.3) is 0 Å². The summed E-state index contributed by atoms with van der Waals surface area (Å²) in [7, 11) is 0. The highest BCUT2D eigenvalue weighted by atomic mass is 16.5. The first kappa shape index (κ1) is 50.8. The average Bonchev–Trinajstić information content (AvgIpc) is 4.08. The van der Waals surface area contributed by atoms with Crippen molar-refractivity contribution in [3.63, 3.8) is 0 Å². The number of esters is 2. The molecule has 1 aliphatic carbocycles. The van der Waals surface area contributed by atoms with Gasteiger partial charge in [-0.2, -0.15) is 0 Å². The van der Waals surface area contributed by atoms with Crippen LogP contribution >= 0.6 is 0 Å². The summed E-state index contributed by atoms with van der Waals surface area (Å²) in [5.74, 6) is -0.418. The molecule has 10 nitrogen and oxygen atoms in total. The molecule has 0 aromatic heterocycles. The zero-order valence-electron chi connectivity index (χ0n) is 41.3. The third kappa shape index (κ3) is 12.7. The predicted molar refractivity (Wildman–Crippen MR) is 268 cm³/mol. The highest BCUT2D eigenvalue weighted by Crippen LogP contribution is 2.46. The van der Waals surface area contributed by atoms with E-state index in [-0.39, 0.29) is 36.6 Å². The van der Waals surface area contributed by atoms with Crippen molar-refractivity contribution in [2.24, 2.45) is 26.8 Å². The molecule has 0 radical (unpaired) electrons. The van der Waals surface area contributed by atoms with Crippen LogP contribution in [-0.2, 0) is 19.1 Å². The van der Waals surface area contributed by atoms with Crippen molar-refractivity contribution >= 4 is 29.1 Å². The normalized spacial score (nSPS) is 20.0. The van der Waals surface area contributed by atoms with Crippen LogP contribution in [0.4, 0.5) is 0 Å². The molecule has 360 valence electrons. The molecular formula is C56H80N4O6. The Balaban J connectivity index is 1.17. The Hall–Kier alpha value is -4.57. The molecule has 1 fully saturated rings. The number of carbonyl (C=O) groups is 2. The first-order valence-corrected chi connectivity index (χ1v) is 26.0. The Morgan fingerprint density at radius 2 is 1.26 bits per heavy atom. The number of carbonyl (C=O) groups excluding carboxylic acids is 2. The van der Waals surface area contributed by atoms with Crippen LogP contribution in [0.2, 0.25) is 0 Å². The van der Waals surface area contributed by atoms with Crippen LogP contribution in [0.25, 0.3) is 0 Å². The van der Waals surface area contributed by atoms with Gasteiger partial charge < -0.3 is 25.0 Å². The number of nitrogens with one attached hydrogen (secondary N) is 1. The van der Waals surface area contributed by atoms with E-state index in [1.165, 1.54) is 83.5 Å². The number of rotatable bonds is 28. The molecule has 8 bridgehead atoms. The summed E-state index contributed by atoms with van der Waals surface area (Å²) in [5.41, 5.74) is 10.8. The number of fused-ring (bicyclic) bond motifs is 5. The van der Waals surface area contributed by atoms with Crippen LogP contribution in [0.15, 0.2) is 106 Å². The number of nitrogens with zero attached hydrogens (tertiary/aromatic N) is 3. The van der Waals surface area contributed by atoms with E-state index in [9.17, 15) is 19.8 Å². The van der Waals surface area contributed by atoms with E-state index >= 15 is 0 Å². The Bertz CT molecular complexity index is 2150. The smallest absolute Gasteiger partial charge is 0.340 e. The van der Waals surface area contributed by atoms with E-state index in [0.717, 1.165) is 89.9 Å². The minimum atomic E-state index is -0.408. The largest absolute Gasteiger partial charge is 0.511 e. The number of hydrogen-bond donors (Lipinski definition) is 3. The van der Waals surface area contributed by atoms with Crippen molar-refractivity contribution in [2.45, 2.75) is 196 Å². The van der Waals surface area contributed by atoms with E-state index in [4.69, 9.17) is 24.5 Å². The molecule has 0 saturated carbocycles. The molecule has 0 aromatic carbocycles. The molecule has 3 N–H and O–H groups in total. The third-order valence-corrected chi connectivity index (χ3v) is 14.4. The zero-order valence-corrected chi connectivity index (χ0v) is 41.3. The minimum Gasteiger partial charge on any atom is -0.511 e. The fraction of sp³-hybridized carbons (Fsp3) is 0.625. The summed E-state index contributed by atoms with van der Waals surface area (Å²) in [4.78, 5) is 42.4. The van der Waals surface area contributed by atoms with Gasteiger partial charge in [0.05, 0.1) is 59.6 Å². The summed E-state index contributed by atoms with van der Waals surface area (Å²) < 4.78 is 11.6. The van der Waals surface area contributed by atoms with Gasteiger partial charge in [-0.1, -0.05) is 143 Å². The van der Waals surface area contributed by atoms with E-state index < -0.39 is 5.97 Å². The van der Waals surface area contributed by atoms with Crippen LogP contribution in [0, 0.1) is 11.8 Å². The summed E-state index contributed by atoms with van der Waals surface area (Å²) in [5, 5.41) is 26.0. The molecule has 0 amide bonds. The second-order valence-electron chi connectivity index (χ2n) is 19.3. The quantitative estimate of drug-likeness (QED) is 0.0524. The van der Waals surface area contributed by atoms with Gasteiger partial charge in [-0.3, -0.25) is 4.79 Å². The van der Waals surface area contributed by atoms with Crippen LogP contribution < -0.4 is 5.32 Å². The highest BCUT2D eigenvalue weighted by Gasteiger charge is 2.41. The molecule has 6 aliphatic rings. The summed E-state index contributed by atoms with van der Waals surface area (Å²) in [6.45, 7) is 13.1. The molecule has 0 aromatic rings. The van der Waals surface area contributed by atoms with E-state index in [1.54, 1.807) is 0 Å². The van der Waals surface area contributed by atoms with Gasteiger partial charge in [0, 0.05) is 52.8 Å². The number of ether oxygens (including phenoxy) is 2. The molecular weight excluding hydrogens is 825 g/mol. The molecule has 5 heterocycles. The first-order chi connectivity index (χ1) is 32.1. The second-order valence-corrected chi connectivity index (χ2v) is 19.3. The van der Waals surface area contributed by atoms with E-state index in [0.29, 0.717) is 72.1 Å². The maximum Gasteiger partial charge on any atom is 0.340 e. The summed E-state index contributed by atoms with van der Waals surface area (Å²) >= 11 is 0. The molecule has 5 aliphatic heterocycles. The lowest BCUT2D eigenvalue weighted by atomic mass is 9.86. The average molecular weight is 905 g/mol. The number of allylic oxidation sites excluding steroid dienone is 10. The van der Waals surface area contributed by atoms with Crippen LogP contribution in [-0.4, -0.2) is 59.1 Å². The number of aliphatic imine (C=N–C) groups is 3. The van der Waals surface area contributed by atoms with Crippen molar-refractivity contribution in [3.8, 4) is 0 Å². The van der Waals surface area contributed by atoms with Crippen LogP contribution in [0.5, 0.6) is 0 Å². The van der Waals surface area contributed by atoms with Crippen molar-refractivity contribution in [1.29, 1.82) is 0 Å². The fourth-order valence-corrected chi connectivity index (χ4v) is 10.3. The van der Waals surface area contributed by atoms with Gasteiger partial charge in [-0.25, -0.2) is 19.8 Å². The van der Waals surface area contributed by atoms with E-state index in [2.05, 4.69) is 26.1 Å². The van der Waals surface area contributed by atoms with Crippen molar-refractivity contribution in [1.82, 2.24) is 5.32 Å². The van der Waals surface area contributed by atoms with Crippen LogP contribution in [0.1, 0.15) is 196 Å². The maximum absolute atomic E-state index is 14.1. The molecule has 0 unspecified atom stereocenters. The maximum atomic E-state index is 14.1. The topological polar surface area (TPSA) is 142 Å². The Morgan fingerprint density at radius 1 is 0.697 bits per heavy atom. The highest BCUT2D eigenvalue weighted by molar-refractivity contribution is 6.28. The lowest BCUT2D eigenvalue weighted by Gasteiger charge is -2.17. The van der Waals surface area contributed by atoms with Crippen molar-refractivity contribution in [2.75, 3.05) is 19.8 Å². The molecule has 2 atom stereocenters. The first-order valence-electron chi connectivity index (χ1n) is 26.0. The van der Waals surface area contributed by atoms with Crippen molar-refractivity contribution < 1.29 is 29.3 Å². The van der Waals surface area contributed by atoms with Crippen molar-refractivity contribution in [3.05, 3.63) is 91.5 Å². The standard InChI is InChI=1S/C56H80N4O6/c1-7-10-12-14-15-16-17-18-19-20-21-22-23-24-25-27-31-66-56(64)53-40(9-3)47-34-46-39(6)52-50(62)32-42(55(52)60-46)54-41(28-29-51(63)65-30-26-13-11-8-2)37(4)45(59-54)33-44-38(5)43(36-61)48(57-44)35-49(53)58-47/h33-35,37,41,59,61-62H,7-32,36H2,1-6H3/t37-,41-/m0/s1. The Kier molecular flexibility index (Phi) is 19.7. The fourth-order valence-electron chi connectivity index (χ4n) is 10.3. The van der Waals surface area contributed by atoms with Gasteiger partial charge in [-0.15, -0.1) is 0 Å². The van der Waals surface area contributed by atoms with Gasteiger partial charge in [0.2, 0.25) is 0 Å². The number of hydrogen-bond acceptors (Lipinski definition) is 10. The van der Waals surface area contributed by atoms with Crippen LogP contribution in [0.3, 0.4) is 0 Å². The minimum absolute atomic E-state index is 0.0170. The van der Waals surface area contributed by atoms with Gasteiger partial charge >= 0.3 is 11.9 Å². The summed E-state index contributed by atoms with van der Waals surface area (Å²) in [6, 6.07) is 0. The number of aliphatic hydroxyl groups excluding tert-OH is 2. The number of aliphatic hydroxyl groups is 2. The molecule has 1 saturated heterocycles. The molecule has 6 rings (SSSR count). The lowest BCUT2D eigenvalue weighted by molar-refractivity contribution is -0.144. The third-order valence-electron chi connectivity index (χ3n) is 14.4. The molecule has 66 heavy (non-hydrogen) atoms. The second kappa shape index (κ2) is 25.5. The molecule has 0 spiro atoms. The van der Waals surface area contributed by atoms with Gasteiger partial charge in [0.15, 0.2) is 0 Å².